The van der Waals surface area contributed by atoms with E-state index in [1.807, 2.05) is 50.2 Å². The molecule has 0 saturated carbocycles. The van der Waals surface area contributed by atoms with Crippen molar-refractivity contribution in [3.05, 3.63) is 48.2 Å². The predicted octanol–water partition coefficient (Wildman–Crippen LogP) is 3.24. The van der Waals surface area contributed by atoms with E-state index in [4.69, 9.17) is 4.74 Å². The number of nitrogens with zero attached hydrogens (tertiary/aromatic N) is 2. The van der Waals surface area contributed by atoms with Crippen LogP contribution in [0.5, 0.6) is 5.75 Å². The Bertz CT molecular complexity index is 621. The maximum absolute atomic E-state index is 12.2. The van der Waals surface area contributed by atoms with E-state index in [0.29, 0.717) is 5.56 Å². The Morgan fingerprint density at radius 1 is 1.24 bits per heavy atom. The fraction of sp³-hybridized carbons (Fsp3) is 0.294. The summed E-state index contributed by atoms with van der Waals surface area (Å²) in [5.74, 6) is 0.767. The Kier molecular flexibility index (Phi) is 4.58. The third-order valence-corrected chi connectivity index (χ3v) is 3.47. The molecule has 0 spiro atoms. The molecule has 0 atom stereocenters. The molecule has 0 aliphatic carbocycles. The van der Waals surface area contributed by atoms with Crippen molar-refractivity contribution in [3.8, 4) is 17.0 Å². The van der Waals surface area contributed by atoms with E-state index in [1.54, 1.807) is 25.3 Å². The minimum absolute atomic E-state index is 0.0188. The molecule has 110 valence electrons. The molecular weight excluding hydrogens is 264 g/mol. The molecule has 1 heterocycles. The summed E-state index contributed by atoms with van der Waals surface area (Å²) >= 11 is 0. The van der Waals surface area contributed by atoms with E-state index in [0.717, 1.165) is 17.0 Å². The summed E-state index contributed by atoms with van der Waals surface area (Å²) in [7, 11) is 3.43. The first-order valence-electron chi connectivity index (χ1n) is 6.90. The highest BCUT2D eigenvalue weighted by atomic mass is 16.5. The molecule has 0 unspecified atom stereocenters. The normalized spacial score (nSPS) is 10.5. The molecule has 1 amide bonds. The van der Waals surface area contributed by atoms with Gasteiger partial charge in [0.05, 0.1) is 18.4 Å². The van der Waals surface area contributed by atoms with E-state index < -0.39 is 0 Å². The van der Waals surface area contributed by atoms with Crippen molar-refractivity contribution in [2.75, 3.05) is 14.2 Å². The summed E-state index contributed by atoms with van der Waals surface area (Å²) in [5.41, 5.74) is 2.38. The van der Waals surface area contributed by atoms with Crippen LogP contribution in [0.2, 0.25) is 0 Å². The van der Waals surface area contributed by atoms with Crippen molar-refractivity contribution < 1.29 is 9.53 Å². The molecule has 2 rings (SSSR count). The van der Waals surface area contributed by atoms with Crippen LogP contribution in [-0.4, -0.2) is 36.0 Å². The zero-order valence-electron chi connectivity index (χ0n) is 12.8. The molecule has 4 heteroatoms. The number of carbonyl (C=O) groups excluding carboxylic acids is 1. The lowest BCUT2D eigenvalue weighted by Crippen LogP contribution is -2.33. The Morgan fingerprint density at radius 3 is 2.57 bits per heavy atom. The van der Waals surface area contributed by atoms with Crippen LogP contribution in [0.15, 0.2) is 42.6 Å². The number of pyridine rings is 1. The van der Waals surface area contributed by atoms with Gasteiger partial charge in [0, 0.05) is 24.8 Å². The SMILES string of the molecule is COc1cccc(-c2ccc(C(=O)N(C)C(C)C)cn2)c1. The average molecular weight is 284 g/mol. The molecule has 0 N–H and O–H groups in total. The molecule has 1 aromatic carbocycles. The van der Waals surface area contributed by atoms with E-state index in [2.05, 4.69) is 4.98 Å². The number of ether oxygens (including phenoxy) is 1. The summed E-state index contributed by atoms with van der Waals surface area (Å²) < 4.78 is 5.21. The van der Waals surface area contributed by atoms with Crippen molar-refractivity contribution in [1.82, 2.24) is 9.88 Å². The minimum Gasteiger partial charge on any atom is -0.497 e. The second-order valence-electron chi connectivity index (χ2n) is 5.17. The highest BCUT2D eigenvalue weighted by Gasteiger charge is 2.14. The number of hydrogen-bond donors (Lipinski definition) is 0. The van der Waals surface area contributed by atoms with Crippen molar-refractivity contribution in [1.29, 1.82) is 0 Å². The molecule has 21 heavy (non-hydrogen) atoms. The largest absolute Gasteiger partial charge is 0.497 e. The van der Waals surface area contributed by atoms with Crippen LogP contribution in [0.1, 0.15) is 24.2 Å². The smallest absolute Gasteiger partial charge is 0.255 e. The predicted molar refractivity (Wildman–Crippen MR) is 83.5 cm³/mol. The molecule has 0 aliphatic rings. The molecule has 0 bridgehead atoms. The topological polar surface area (TPSA) is 42.4 Å². The zero-order chi connectivity index (χ0) is 15.4. The second-order valence-corrected chi connectivity index (χ2v) is 5.17. The van der Waals surface area contributed by atoms with Gasteiger partial charge in [0.25, 0.3) is 5.91 Å². The zero-order valence-corrected chi connectivity index (χ0v) is 12.8. The van der Waals surface area contributed by atoms with Gasteiger partial charge in [-0.2, -0.15) is 0 Å². The highest BCUT2D eigenvalue weighted by molar-refractivity contribution is 5.94. The third kappa shape index (κ3) is 3.40. The van der Waals surface area contributed by atoms with Gasteiger partial charge < -0.3 is 9.64 Å². The second kappa shape index (κ2) is 6.39. The number of aromatic nitrogens is 1. The first kappa shape index (κ1) is 15.0. The molecule has 0 radical (unpaired) electrons. The van der Waals surface area contributed by atoms with Gasteiger partial charge in [-0.3, -0.25) is 9.78 Å². The Balaban J connectivity index is 2.24. The average Bonchev–Trinajstić information content (AvgIpc) is 2.53. The van der Waals surface area contributed by atoms with Crippen LogP contribution >= 0.6 is 0 Å². The number of carbonyl (C=O) groups is 1. The number of amides is 1. The number of benzene rings is 1. The van der Waals surface area contributed by atoms with E-state index >= 15 is 0 Å². The van der Waals surface area contributed by atoms with Crippen molar-refractivity contribution in [3.63, 3.8) is 0 Å². The van der Waals surface area contributed by atoms with Gasteiger partial charge in [-0.05, 0) is 38.1 Å². The van der Waals surface area contributed by atoms with Gasteiger partial charge in [-0.15, -0.1) is 0 Å². The van der Waals surface area contributed by atoms with Gasteiger partial charge in [0.15, 0.2) is 0 Å². The van der Waals surface area contributed by atoms with Crippen molar-refractivity contribution in [2.45, 2.75) is 19.9 Å². The quantitative estimate of drug-likeness (QED) is 0.865. The fourth-order valence-corrected chi connectivity index (χ4v) is 1.91. The summed E-state index contributed by atoms with van der Waals surface area (Å²) in [6, 6.07) is 11.5. The molecule has 0 fully saturated rings. The van der Waals surface area contributed by atoms with Gasteiger partial charge in [-0.1, -0.05) is 12.1 Å². The van der Waals surface area contributed by atoms with Gasteiger partial charge in [0.1, 0.15) is 5.75 Å². The van der Waals surface area contributed by atoms with Crippen LogP contribution < -0.4 is 4.74 Å². The van der Waals surface area contributed by atoms with Gasteiger partial charge in [0.2, 0.25) is 0 Å². The summed E-state index contributed by atoms with van der Waals surface area (Å²) in [6.45, 7) is 3.96. The maximum Gasteiger partial charge on any atom is 0.255 e. The maximum atomic E-state index is 12.2. The number of methoxy groups -OCH3 is 1. The van der Waals surface area contributed by atoms with Crippen molar-refractivity contribution >= 4 is 5.91 Å². The lowest BCUT2D eigenvalue weighted by atomic mass is 10.1. The number of hydrogen-bond acceptors (Lipinski definition) is 3. The Labute approximate surface area is 125 Å². The van der Waals surface area contributed by atoms with E-state index in [9.17, 15) is 4.79 Å². The first-order valence-corrected chi connectivity index (χ1v) is 6.90. The first-order chi connectivity index (χ1) is 10.0. The number of rotatable bonds is 4. The third-order valence-electron chi connectivity index (χ3n) is 3.47. The minimum atomic E-state index is -0.0188. The van der Waals surface area contributed by atoms with Crippen LogP contribution in [0.4, 0.5) is 0 Å². The molecule has 2 aromatic rings. The van der Waals surface area contributed by atoms with Gasteiger partial charge in [-0.25, -0.2) is 0 Å². The van der Waals surface area contributed by atoms with Crippen LogP contribution in [0.25, 0.3) is 11.3 Å². The lowest BCUT2D eigenvalue weighted by molar-refractivity contribution is 0.0754. The highest BCUT2D eigenvalue weighted by Crippen LogP contribution is 2.22. The van der Waals surface area contributed by atoms with Gasteiger partial charge >= 0.3 is 0 Å². The van der Waals surface area contributed by atoms with Crippen LogP contribution in [0.3, 0.4) is 0 Å². The van der Waals surface area contributed by atoms with E-state index in [1.165, 1.54) is 0 Å². The van der Waals surface area contributed by atoms with Crippen LogP contribution in [0, 0.1) is 0 Å². The summed E-state index contributed by atoms with van der Waals surface area (Å²) in [4.78, 5) is 18.3. The van der Waals surface area contributed by atoms with E-state index in [-0.39, 0.29) is 11.9 Å². The molecule has 0 aliphatic heterocycles. The molecule has 1 aromatic heterocycles. The molecule has 0 saturated heterocycles. The molecular formula is C17H20N2O2. The monoisotopic (exact) mass is 284 g/mol. The molecule has 4 nitrogen and oxygen atoms in total. The lowest BCUT2D eigenvalue weighted by Gasteiger charge is -2.21. The summed E-state index contributed by atoms with van der Waals surface area (Å²) in [6.07, 6.45) is 1.62. The van der Waals surface area contributed by atoms with Crippen molar-refractivity contribution in [2.24, 2.45) is 0 Å². The Hall–Kier alpha value is -2.36. The summed E-state index contributed by atoms with van der Waals surface area (Å²) in [5, 5.41) is 0. The Morgan fingerprint density at radius 2 is 2.00 bits per heavy atom. The van der Waals surface area contributed by atoms with Crippen LogP contribution in [-0.2, 0) is 0 Å². The standard InChI is InChI=1S/C17H20N2O2/c1-12(2)19(3)17(20)14-8-9-16(18-11-14)13-6-5-7-15(10-13)21-4/h5-12H,1-4H3. The fourth-order valence-electron chi connectivity index (χ4n) is 1.91.